The zero-order chi connectivity index (χ0) is 13.7. The zero-order valence-corrected chi connectivity index (χ0v) is 12.0. The maximum absolute atomic E-state index is 11.5. The Balaban J connectivity index is 1.90. The van der Waals surface area contributed by atoms with Crippen molar-refractivity contribution in [1.82, 2.24) is 5.32 Å². The Bertz CT molecular complexity index is 442. The summed E-state index contributed by atoms with van der Waals surface area (Å²) >= 11 is 0. The van der Waals surface area contributed by atoms with Gasteiger partial charge in [-0.05, 0) is 49.5 Å². The number of unbranched alkanes of at least 4 members (excludes halogenated alkanes) is 1. The molecule has 1 amide bonds. The highest BCUT2D eigenvalue weighted by molar-refractivity contribution is 5.93. The number of nitrogens with one attached hydrogen (secondary N) is 1. The van der Waals surface area contributed by atoms with Gasteiger partial charge in [-0.25, -0.2) is 0 Å². The minimum absolute atomic E-state index is 0.146. The lowest BCUT2D eigenvalue weighted by Crippen LogP contribution is -2.25. The van der Waals surface area contributed by atoms with Gasteiger partial charge >= 0.3 is 0 Å². The van der Waals surface area contributed by atoms with Gasteiger partial charge in [0.15, 0.2) is 0 Å². The number of nitrogens with zero attached hydrogens (tertiary/aromatic N) is 1. The van der Waals surface area contributed by atoms with Crippen LogP contribution in [0.25, 0.3) is 0 Å². The van der Waals surface area contributed by atoms with Crippen molar-refractivity contribution in [2.45, 2.75) is 39.5 Å². The Hall–Kier alpha value is -1.35. The van der Waals surface area contributed by atoms with Crippen molar-refractivity contribution in [3.63, 3.8) is 0 Å². The average Bonchev–Trinajstić information content (AvgIpc) is 2.81. The molecular weight excluding hydrogens is 236 g/mol. The molecule has 0 aliphatic carbocycles. The summed E-state index contributed by atoms with van der Waals surface area (Å²) in [5.74, 6) is 0.146. The van der Waals surface area contributed by atoms with Crippen LogP contribution in [0.2, 0.25) is 0 Å². The SMILES string of the molecule is CCCCNCCc1ccc2c(c1)CCN2C(C)=O. The summed E-state index contributed by atoms with van der Waals surface area (Å²) in [7, 11) is 0. The molecule has 1 aliphatic rings. The lowest BCUT2D eigenvalue weighted by molar-refractivity contribution is -0.116. The topological polar surface area (TPSA) is 32.3 Å². The van der Waals surface area contributed by atoms with Crippen LogP contribution >= 0.6 is 0 Å². The Kier molecular flexibility index (Phi) is 4.97. The maximum atomic E-state index is 11.5. The van der Waals surface area contributed by atoms with Crippen LogP contribution in [-0.2, 0) is 17.6 Å². The number of rotatable bonds is 6. The molecule has 1 heterocycles. The highest BCUT2D eigenvalue weighted by Crippen LogP contribution is 2.28. The number of anilines is 1. The Morgan fingerprint density at radius 1 is 1.37 bits per heavy atom. The molecule has 2 rings (SSSR count). The summed E-state index contributed by atoms with van der Waals surface area (Å²) in [5.41, 5.74) is 3.80. The van der Waals surface area contributed by atoms with Gasteiger partial charge < -0.3 is 10.2 Å². The number of hydrogen-bond acceptors (Lipinski definition) is 2. The van der Waals surface area contributed by atoms with E-state index < -0.39 is 0 Å². The summed E-state index contributed by atoms with van der Waals surface area (Å²) in [6.45, 7) is 6.83. The second kappa shape index (κ2) is 6.71. The molecule has 0 atom stereocenters. The molecule has 1 N–H and O–H groups in total. The van der Waals surface area contributed by atoms with Crippen molar-refractivity contribution in [1.29, 1.82) is 0 Å². The van der Waals surface area contributed by atoms with Gasteiger partial charge in [-0.1, -0.05) is 25.5 Å². The van der Waals surface area contributed by atoms with Crippen molar-refractivity contribution < 1.29 is 4.79 Å². The maximum Gasteiger partial charge on any atom is 0.223 e. The van der Waals surface area contributed by atoms with Crippen LogP contribution in [0.15, 0.2) is 18.2 Å². The molecule has 0 bridgehead atoms. The van der Waals surface area contributed by atoms with Gasteiger partial charge in [0.25, 0.3) is 0 Å². The highest BCUT2D eigenvalue weighted by Gasteiger charge is 2.21. The largest absolute Gasteiger partial charge is 0.316 e. The fourth-order valence-corrected chi connectivity index (χ4v) is 2.60. The highest BCUT2D eigenvalue weighted by atomic mass is 16.2. The Morgan fingerprint density at radius 3 is 2.95 bits per heavy atom. The van der Waals surface area contributed by atoms with Gasteiger partial charge in [-0.15, -0.1) is 0 Å². The molecular formula is C16H24N2O. The normalized spacial score (nSPS) is 13.7. The minimum atomic E-state index is 0.146. The Labute approximate surface area is 116 Å². The standard InChI is InChI=1S/C16H24N2O/c1-3-4-9-17-10-7-14-5-6-16-15(12-14)8-11-18(16)13(2)19/h5-6,12,17H,3-4,7-11H2,1-2H3. The van der Waals surface area contributed by atoms with Gasteiger partial charge in [0, 0.05) is 19.2 Å². The fraction of sp³-hybridized carbons (Fsp3) is 0.562. The van der Waals surface area contributed by atoms with E-state index in [4.69, 9.17) is 0 Å². The average molecular weight is 260 g/mol. The smallest absolute Gasteiger partial charge is 0.223 e. The van der Waals surface area contributed by atoms with Crippen molar-refractivity contribution in [2.24, 2.45) is 0 Å². The number of amides is 1. The Morgan fingerprint density at radius 2 is 2.21 bits per heavy atom. The van der Waals surface area contributed by atoms with Crippen LogP contribution in [0.4, 0.5) is 5.69 Å². The van der Waals surface area contributed by atoms with Gasteiger partial charge in [0.2, 0.25) is 5.91 Å². The van der Waals surface area contributed by atoms with E-state index in [1.165, 1.54) is 24.0 Å². The van der Waals surface area contributed by atoms with Crippen LogP contribution in [0.3, 0.4) is 0 Å². The minimum Gasteiger partial charge on any atom is -0.316 e. The molecule has 3 heteroatoms. The first kappa shape index (κ1) is 14.1. The van der Waals surface area contributed by atoms with E-state index >= 15 is 0 Å². The molecule has 0 saturated carbocycles. The number of benzene rings is 1. The molecule has 0 aromatic heterocycles. The fourth-order valence-electron chi connectivity index (χ4n) is 2.60. The van der Waals surface area contributed by atoms with E-state index in [2.05, 4.69) is 30.4 Å². The predicted octanol–water partition coefficient (Wildman–Crippen LogP) is 2.53. The van der Waals surface area contributed by atoms with Crippen molar-refractivity contribution in [3.8, 4) is 0 Å². The summed E-state index contributed by atoms with van der Waals surface area (Å²) in [4.78, 5) is 13.4. The van der Waals surface area contributed by atoms with Gasteiger partial charge in [0.1, 0.15) is 0 Å². The van der Waals surface area contributed by atoms with E-state index in [1.54, 1.807) is 6.92 Å². The molecule has 19 heavy (non-hydrogen) atoms. The lowest BCUT2D eigenvalue weighted by Gasteiger charge is -2.14. The van der Waals surface area contributed by atoms with E-state index in [0.29, 0.717) is 0 Å². The second-order valence-corrected chi connectivity index (χ2v) is 5.24. The quantitative estimate of drug-likeness (QED) is 0.797. The predicted molar refractivity (Wildman–Crippen MR) is 79.7 cm³/mol. The molecule has 1 aliphatic heterocycles. The number of fused-ring (bicyclic) bond motifs is 1. The molecule has 0 radical (unpaired) electrons. The van der Waals surface area contributed by atoms with Crippen LogP contribution < -0.4 is 10.2 Å². The van der Waals surface area contributed by atoms with Crippen molar-refractivity contribution >= 4 is 11.6 Å². The third kappa shape index (κ3) is 3.57. The lowest BCUT2D eigenvalue weighted by atomic mass is 10.1. The number of carbonyl (C=O) groups is 1. The van der Waals surface area contributed by atoms with Gasteiger partial charge in [-0.3, -0.25) is 4.79 Å². The third-order valence-corrected chi connectivity index (χ3v) is 3.72. The van der Waals surface area contributed by atoms with Crippen molar-refractivity contribution in [3.05, 3.63) is 29.3 Å². The van der Waals surface area contributed by atoms with E-state index in [0.717, 1.165) is 38.2 Å². The zero-order valence-electron chi connectivity index (χ0n) is 12.0. The van der Waals surface area contributed by atoms with Gasteiger partial charge in [0.05, 0.1) is 0 Å². The summed E-state index contributed by atoms with van der Waals surface area (Å²) in [5, 5.41) is 3.46. The summed E-state index contributed by atoms with van der Waals surface area (Å²) in [6, 6.07) is 6.52. The second-order valence-electron chi connectivity index (χ2n) is 5.24. The van der Waals surface area contributed by atoms with E-state index in [9.17, 15) is 4.79 Å². The molecule has 104 valence electrons. The molecule has 0 unspecified atom stereocenters. The molecule has 0 fully saturated rings. The van der Waals surface area contributed by atoms with Crippen molar-refractivity contribution in [2.75, 3.05) is 24.5 Å². The first-order valence-corrected chi connectivity index (χ1v) is 7.33. The van der Waals surface area contributed by atoms with Crippen LogP contribution in [-0.4, -0.2) is 25.5 Å². The molecule has 3 nitrogen and oxygen atoms in total. The van der Waals surface area contributed by atoms with E-state index in [-0.39, 0.29) is 5.91 Å². The first-order valence-electron chi connectivity index (χ1n) is 7.33. The van der Waals surface area contributed by atoms with Gasteiger partial charge in [-0.2, -0.15) is 0 Å². The molecule has 1 aromatic carbocycles. The number of carbonyl (C=O) groups excluding carboxylic acids is 1. The molecule has 0 saturated heterocycles. The summed E-state index contributed by atoms with van der Waals surface area (Å²) < 4.78 is 0. The monoisotopic (exact) mass is 260 g/mol. The van der Waals surface area contributed by atoms with Crippen LogP contribution in [0, 0.1) is 0 Å². The molecule has 1 aromatic rings. The van der Waals surface area contributed by atoms with Crippen LogP contribution in [0.1, 0.15) is 37.8 Å². The molecule has 0 spiro atoms. The van der Waals surface area contributed by atoms with Crippen LogP contribution in [0.5, 0.6) is 0 Å². The number of hydrogen-bond donors (Lipinski definition) is 1. The van der Waals surface area contributed by atoms with E-state index in [1.807, 2.05) is 4.90 Å². The summed E-state index contributed by atoms with van der Waals surface area (Å²) in [6.07, 6.45) is 4.55. The third-order valence-electron chi connectivity index (χ3n) is 3.72. The first-order chi connectivity index (χ1) is 9.22.